The van der Waals surface area contributed by atoms with Crippen molar-refractivity contribution in [3.05, 3.63) is 65.2 Å². The van der Waals surface area contributed by atoms with Crippen molar-refractivity contribution in [2.75, 3.05) is 13.1 Å². The Hall–Kier alpha value is -2.18. The molecular formula is C22H30N2O3S. The van der Waals surface area contributed by atoms with E-state index in [-0.39, 0.29) is 16.8 Å². The van der Waals surface area contributed by atoms with Crippen molar-refractivity contribution in [1.82, 2.24) is 9.62 Å². The number of benzene rings is 2. The van der Waals surface area contributed by atoms with Crippen LogP contribution in [-0.4, -0.2) is 31.7 Å². The molecule has 0 aliphatic heterocycles. The first-order chi connectivity index (χ1) is 13.3. The lowest BCUT2D eigenvalue weighted by atomic mass is 10.1. The molecule has 0 bridgehead atoms. The van der Waals surface area contributed by atoms with E-state index in [1.807, 2.05) is 52.0 Å². The summed E-state index contributed by atoms with van der Waals surface area (Å²) >= 11 is 0. The molecule has 1 atom stereocenters. The van der Waals surface area contributed by atoms with E-state index < -0.39 is 10.0 Å². The lowest BCUT2D eigenvalue weighted by Crippen LogP contribution is -2.30. The number of carbonyl (C=O) groups is 1. The van der Waals surface area contributed by atoms with Crippen LogP contribution >= 0.6 is 0 Å². The molecule has 1 unspecified atom stereocenters. The van der Waals surface area contributed by atoms with Crippen LogP contribution in [0.25, 0.3) is 0 Å². The molecule has 0 saturated heterocycles. The molecule has 0 radical (unpaired) electrons. The summed E-state index contributed by atoms with van der Waals surface area (Å²) in [5.74, 6) is -0.0204. The van der Waals surface area contributed by atoms with Crippen molar-refractivity contribution in [2.45, 2.75) is 51.5 Å². The van der Waals surface area contributed by atoms with Crippen LogP contribution in [0.5, 0.6) is 0 Å². The molecule has 0 spiro atoms. The van der Waals surface area contributed by atoms with E-state index in [2.05, 4.69) is 5.32 Å². The summed E-state index contributed by atoms with van der Waals surface area (Å²) in [5, 5.41) is 2.98. The Balaban J connectivity index is 1.95. The molecule has 6 heteroatoms. The summed E-state index contributed by atoms with van der Waals surface area (Å²) in [7, 11) is -3.46. The molecule has 0 heterocycles. The minimum atomic E-state index is -3.46. The van der Waals surface area contributed by atoms with E-state index in [0.717, 1.165) is 11.1 Å². The van der Waals surface area contributed by atoms with Gasteiger partial charge in [0.25, 0.3) is 0 Å². The Morgan fingerprint density at radius 3 is 2.11 bits per heavy atom. The second-order valence-electron chi connectivity index (χ2n) is 6.93. The Morgan fingerprint density at radius 1 is 1.00 bits per heavy atom. The van der Waals surface area contributed by atoms with Crippen LogP contribution in [0.15, 0.2) is 53.4 Å². The van der Waals surface area contributed by atoms with Crippen LogP contribution in [0.4, 0.5) is 0 Å². The summed E-state index contributed by atoms with van der Waals surface area (Å²) in [6.07, 6.45) is 1.11. The van der Waals surface area contributed by atoms with Gasteiger partial charge in [0.1, 0.15) is 0 Å². The molecule has 0 aliphatic rings. The molecule has 2 aromatic rings. The molecule has 152 valence electrons. The summed E-state index contributed by atoms with van der Waals surface area (Å²) in [5.41, 5.74) is 3.22. The van der Waals surface area contributed by atoms with Crippen molar-refractivity contribution in [3.8, 4) is 0 Å². The maximum atomic E-state index is 12.6. The van der Waals surface area contributed by atoms with Crippen LogP contribution in [0.1, 0.15) is 49.9 Å². The van der Waals surface area contributed by atoms with Gasteiger partial charge in [-0.05, 0) is 43.5 Å². The van der Waals surface area contributed by atoms with E-state index in [0.29, 0.717) is 25.9 Å². The third-order valence-electron chi connectivity index (χ3n) is 4.86. The van der Waals surface area contributed by atoms with Gasteiger partial charge in [0.05, 0.1) is 10.9 Å². The van der Waals surface area contributed by atoms with Crippen molar-refractivity contribution < 1.29 is 13.2 Å². The fourth-order valence-corrected chi connectivity index (χ4v) is 4.51. The van der Waals surface area contributed by atoms with Crippen LogP contribution in [0.2, 0.25) is 0 Å². The lowest BCUT2D eigenvalue weighted by molar-refractivity contribution is -0.121. The molecule has 28 heavy (non-hydrogen) atoms. The molecule has 1 N–H and O–H groups in total. The van der Waals surface area contributed by atoms with Crippen LogP contribution in [-0.2, 0) is 21.2 Å². The van der Waals surface area contributed by atoms with Crippen molar-refractivity contribution in [2.24, 2.45) is 0 Å². The summed E-state index contributed by atoms with van der Waals surface area (Å²) in [6.45, 7) is 8.46. The van der Waals surface area contributed by atoms with E-state index >= 15 is 0 Å². The number of nitrogens with one attached hydrogen (secondary N) is 1. The number of rotatable bonds is 9. The zero-order valence-electron chi connectivity index (χ0n) is 17.1. The van der Waals surface area contributed by atoms with Crippen molar-refractivity contribution in [1.29, 1.82) is 0 Å². The second kappa shape index (κ2) is 9.85. The highest BCUT2D eigenvalue weighted by molar-refractivity contribution is 7.89. The van der Waals surface area contributed by atoms with Crippen LogP contribution in [0.3, 0.4) is 0 Å². The molecule has 2 aromatic carbocycles. The van der Waals surface area contributed by atoms with Gasteiger partial charge in [-0.3, -0.25) is 4.79 Å². The predicted octanol–water partition coefficient (Wildman–Crippen LogP) is 3.84. The average Bonchev–Trinajstić information content (AvgIpc) is 2.68. The zero-order valence-corrected chi connectivity index (χ0v) is 17.9. The number of aryl methyl sites for hydroxylation is 2. The molecule has 0 aromatic heterocycles. The summed E-state index contributed by atoms with van der Waals surface area (Å²) in [4.78, 5) is 12.5. The molecule has 5 nitrogen and oxygen atoms in total. The monoisotopic (exact) mass is 402 g/mol. The Bertz CT molecular complexity index is 871. The van der Waals surface area contributed by atoms with E-state index in [9.17, 15) is 13.2 Å². The van der Waals surface area contributed by atoms with Gasteiger partial charge in [0.15, 0.2) is 0 Å². The lowest BCUT2D eigenvalue weighted by Gasteiger charge is -2.19. The third kappa shape index (κ3) is 5.66. The minimum absolute atomic E-state index is 0.0204. The topological polar surface area (TPSA) is 66.5 Å². The Labute approximate surface area is 168 Å². The van der Waals surface area contributed by atoms with Gasteiger partial charge in [-0.15, -0.1) is 0 Å². The molecule has 0 saturated carbocycles. The maximum absolute atomic E-state index is 12.6. The van der Waals surface area contributed by atoms with Crippen LogP contribution < -0.4 is 5.32 Å². The SMILES string of the molecule is CCN(CC)S(=O)(=O)c1ccc(C(C)NC(=O)CCc2ccc(C)cc2)cc1. The van der Waals surface area contributed by atoms with E-state index in [1.165, 1.54) is 9.87 Å². The highest BCUT2D eigenvalue weighted by Gasteiger charge is 2.21. The molecule has 2 rings (SSSR count). The minimum Gasteiger partial charge on any atom is -0.350 e. The fourth-order valence-electron chi connectivity index (χ4n) is 3.05. The Morgan fingerprint density at radius 2 is 1.57 bits per heavy atom. The summed E-state index contributed by atoms with van der Waals surface area (Å²) in [6, 6.07) is 14.7. The molecule has 1 amide bonds. The van der Waals surface area contributed by atoms with E-state index in [1.54, 1.807) is 24.3 Å². The van der Waals surface area contributed by atoms with Gasteiger partial charge in [-0.25, -0.2) is 8.42 Å². The number of amides is 1. The third-order valence-corrected chi connectivity index (χ3v) is 6.93. The molecule has 0 fully saturated rings. The Kier molecular flexibility index (Phi) is 7.78. The van der Waals surface area contributed by atoms with E-state index in [4.69, 9.17) is 0 Å². The largest absolute Gasteiger partial charge is 0.350 e. The van der Waals surface area contributed by atoms with Gasteiger partial charge in [0.2, 0.25) is 15.9 Å². The van der Waals surface area contributed by atoms with Gasteiger partial charge in [-0.2, -0.15) is 4.31 Å². The average molecular weight is 403 g/mol. The van der Waals surface area contributed by atoms with Gasteiger partial charge in [-0.1, -0.05) is 55.8 Å². The number of carbonyl (C=O) groups excluding carboxylic acids is 1. The van der Waals surface area contributed by atoms with Gasteiger partial charge < -0.3 is 5.32 Å². The number of nitrogens with zero attached hydrogens (tertiary/aromatic N) is 1. The van der Waals surface area contributed by atoms with Gasteiger partial charge >= 0.3 is 0 Å². The quantitative estimate of drug-likeness (QED) is 0.693. The first-order valence-electron chi connectivity index (χ1n) is 9.73. The summed E-state index contributed by atoms with van der Waals surface area (Å²) < 4.78 is 26.5. The predicted molar refractivity (Wildman–Crippen MR) is 113 cm³/mol. The molecule has 0 aliphatic carbocycles. The number of sulfonamides is 1. The normalized spacial score (nSPS) is 12.8. The zero-order chi connectivity index (χ0) is 20.7. The van der Waals surface area contributed by atoms with Crippen molar-refractivity contribution in [3.63, 3.8) is 0 Å². The first kappa shape index (κ1) is 22.1. The number of hydrogen-bond donors (Lipinski definition) is 1. The van der Waals surface area contributed by atoms with Crippen molar-refractivity contribution >= 4 is 15.9 Å². The second-order valence-corrected chi connectivity index (χ2v) is 8.87. The smallest absolute Gasteiger partial charge is 0.243 e. The highest BCUT2D eigenvalue weighted by atomic mass is 32.2. The maximum Gasteiger partial charge on any atom is 0.243 e. The van der Waals surface area contributed by atoms with Gasteiger partial charge in [0, 0.05) is 19.5 Å². The number of hydrogen-bond acceptors (Lipinski definition) is 3. The fraction of sp³-hybridized carbons (Fsp3) is 0.409. The molecular weight excluding hydrogens is 372 g/mol. The first-order valence-corrected chi connectivity index (χ1v) is 11.2. The highest BCUT2D eigenvalue weighted by Crippen LogP contribution is 2.19. The van der Waals surface area contributed by atoms with Crippen LogP contribution in [0, 0.1) is 6.92 Å². The standard InChI is InChI=1S/C22H30N2O3S/c1-5-24(6-2)28(26,27)21-14-12-20(13-15-21)18(4)23-22(25)16-11-19-9-7-17(3)8-10-19/h7-10,12-15,18H,5-6,11,16H2,1-4H3,(H,23,25).